The number of likely N-dealkylation sites (tertiary alicyclic amines) is 1. The highest BCUT2D eigenvalue weighted by Gasteiger charge is 2.49. The van der Waals surface area contributed by atoms with Crippen LogP contribution in [0.2, 0.25) is 0 Å². The van der Waals surface area contributed by atoms with Crippen molar-refractivity contribution in [3.8, 4) is 0 Å². The van der Waals surface area contributed by atoms with E-state index in [1.807, 2.05) is 11.3 Å². The van der Waals surface area contributed by atoms with Crippen molar-refractivity contribution >= 4 is 11.3 Å². The molecule has 2 aromatic heterocycles. The van der Waals surface area contributed by atoms with Crippen molar-refractivity contribution in [1.82, 2.24) is 9.88 Å². The fourth-order valence-corrected chi connectivity index (χ4v) is 5.61. The molecule has 0 aliphatic carbocycles. The summed E-state index contributed by atoms with van der Waals surface area (Å²) in [6.07, 6.45) is 8.59. The SMILES string of the molecule is Cc1ccc(C(C)(C)N2CC[C@](CCc3cccs3)([C@H]3CCCO3)C2)cn1. The Hall–Kier alpha value is -1.23. The number of aromatic nitrogens is 1. The third kappa shape index (κ3) is 3.85. The van der Waals surface area contributed by atoms with Gasteiger partial charge < -0.3 is 4.74 Å². The minimum atomic E-state index is 0.00395. The molecule has 4 heterocycles. The molecule has 2 saturated heterocycles. The Bertz CT molecular complexity index is 734. The van der Waals surface area contributed by atoms with E-state index in [0.717, 1.165) is 25.4 Å². The zero-order valence-corrected chi connectivity index (χ0v) is 17.7. The van der Waals surface area contributed by atoms with Crippen LogP contribution in [-0.2, 0) is 16.7 Å². The number of hydrogen-bond donors (Lipinski definition) is 0. The molecule has 2 aliphatic rings. The van der Waals surface area contributed by atoms with Crippen LogP contribution < -0.4 is 0 Å². The summed E-state index contributed by atoms with van der Waals surface area (Å²) in [5, 5.41) is 2.20. The number of pyridine rings is 1. The van der Waals surface area contributed by atoms with Crippen molar-refractivity contribution < 1.29 is 4.74 Å². The van der Waals surface area contributed by atoms with Gasteiger partial charge in [-0.2, -0.15) is 0 Å². The molecule has 2 aliphatic heterocycles. The molecule has 0 amide bonds. The van der Waals surface area contributed by atoms with Crippen LogP contribution in [0.5, 0.6) is 0 Å². The van der Waals surface area contributed by atoms with Crippen LogP contribution >= 0.6 is 11.3 Å². The van der Waals surface area contributed by atoms with Crippen LogP contribution in [0.15, 0.2) is 35.8 Å². The first-order chi connectivity index (χ1) is 13.0. The van der Waals surface area contributed by atoms with Crippen LogP contribution in [0.1, 0.15) is 55.7 Å². The Labute approximate surface area is 167 Å². The van der Waals surface area contributed by atoms with E-state index >= 15 is 0 Å². The lowest BCUT2D eigenvalue weighted by molar-refractivity contribution is -0.00823. The summed E-state index contributed by atoms with van der Waals surface area (Å²) < 4.78 is 6.26. The number of thiophene rings is 1. The van der Waals surface area contributed by atoms with Crippen molar-refractivity contribution in [3.63, 3.8) is 0 Å². The summed E-state index contributed by atoms with van der Waals surface area (Å²) in [4.78, 5) is 8.73. The first-order valence-corrected chi connectivity index (χ1v) is 11.2. The van der Waals surface area contributed by atoms with Gasteiger partial charge in [-0.05, 0) is 82.5 Å². The van der Waals surface area contributed by atoms with E-state index in [4.69, 9.17) is 4.74 Å². The first kappa shape index (κ1) is 19.1. The summed E-state index contributed by atoms with van der Waals surface area (Å²) in [7, 11) is 0. The summed E-state index contributed by atoms with van der Waals surface area (Å²) in [5.41, 5.74) is 2.69. The lowest BCUT2D eigenvalue weighted by Gasteiger charge is -2.40. The van der Waals surface area contributed by atoms with Crippen LogP contribution in [0.25, 0.3) is 0 Å². The van der Waals surface area contributed by atoms with E-state index in [1.165, 1.54) is 42.5 Å². The van der Waals surface area contributed by atoms with Gasteiger partial charge in [0.1, 0.15) is 0 Å². The minimum absolute atomic E-state index is 0.00395. The molecular weight excluding hydrogens is 352 g/mol. The molecule has 0 N–H and O–H groups in total. The monoisotopic (exact) mass is 384 g/mol. The van der Waals surface area contributed by atoms with Crippen molar-refractivity contribution in [2.75, 3.05) is 19.7 Å². The average Bonchev–Trinajstić information content (AvgIpc) is 3.41. The Balaban J connectivity index is 1.54. The van der Waals surface area contributed by atoms with E-state index in [9.17, 15) is 0 Å². The van der Waals surface area contributed by atoms with E-state index < -0.39 is 0 Å². The zero-order chi connectivity index (χ0) is 18.9. The molecule has 2 atom stereocenters. The van der Waals surface area contributed by atoms with Crippen molar-refractivity contribution in [3.05, 3.63) is 52.0 Å². The number of aryl methyl sites for hydroxylation is 2. The van der Waals surface area contributed by atoms with Gasteiger partial charge in [0.05, 0.1) is 6.10 Å². The highest BCUT2D eigenvalue weighted by atomic mass is 32.1. The third-order valence-electron chi connectivity index (χ3n) is 6.86. The molecule has 0 unspecified atom stereocenters. The molecule has 0 spiro atoms. The molecule has 0 bridgehead atoms. The Morgan fingerprint density at radius 3 is 2.89 bits per heavy atom. The van der Waals surface area contributed by atoms with E-state index in [2.05, 4.69) is 66.5 Å². The maximum Gasteiger partial charge on any atom is 0.0645 e. The molecular formula is C23H32N2OS. The second kappa shape index (κ2) is 7.65. The highest BCUT2D eigenvalue weighted by Crippen LogP contribution is 2.47. The van der Waals surface area contributed by atoms with Gasteiger partial charge in [0.15, 0.2) is 0 Å². The predicted octanol–water partition coefficient (Wildman–Crippen LogP) is 5.19. The maximum absolute atomic E-state index is 6.26. The minimum Gasteiger partial charge on any atom is -0.378 e. The standard InChI is InChI=1S/C23H32N2OS/c1-18-8-9-19(16-24-18)22(2,3)25-13-12-23(17-25,21-7-4-14-26-21)11-10-20-6-5-15-27-20/h5-6,8-9,15-16,21H,4,7,10-14,17H2,1-3H3/t21-,23+/m1/s1. The van der Waals surface area contributed by atoms with Gasteiger partial charge in [0.25, 0.3) is 0 Å². The summed E-state index contributed by atoms with van der Waals surface area (Å²) in [6.45, 7) is 9.97. The zero-order valence-electron chi connectivity index (χ0n) is 16.9. The number of ether oxygens (including phenoxy) is 1. The number of rotatable bonds is 6. The van der Waals surface area contributed by atoms with Crippen LogP contribution in [0.4, 0.5) is 0 Å². The number of nitrogens with zero attached hydrogens (tertiary/aromatic N) is 2. The van der Waals surface area contributed by atoms with Gasteiger partial charge in [-0.15, -0.1) is 11.3 Å². The van der Waals surface area contributed by atoms with Crippen LogP contribution in [0.3, 0.4) is 0 Å². The van der Waals surface area contributed by atoms with E-state index in [0.29, 0.717) is 6.10 Å². The Morgan fingerprint density at radius 1 is 1.33 bits per heavy atom. The highest BCUT2D eigenvalue weighted by molar-refractivity contribution is 7.09. The number of hydrogen-bond acceptors (Lipinski definition) is 4. The lowest BCUT2D eigenvalue weighted by Crippen LogP contribution is -2.44. The predicted molar refractivity (Wildman–Crippen MR) is 112 cm³/mol. The molecule has 2 fully saturated rings. The molecule has 3 nitrogen and oxygen atoms in total. The van der Waals surface area contributed by atoms with Gasteiger partial charge in [-0.1, -0.05) is 12.1 Å². The molecule has 2 aromatic rings. The van der Waals surface area contributed by atoms with Gasteiger partial charge in [0, 0.05) is 40.9 Å². The summed E-state index contributed by atoms with van der Waals surface area (Å²) >= 11 is 1.89. The average molecular weight is 385 g/mol. The van der Waals surface area contributed by atoms with Crippen LogP contribution in [0, 0.1) is 12.3 Å². The fraction of sp³-hybridized carbons (Fsp3) is 0.609. The smallest absolute Gasteiger partial charge is 0.0645 e. The molecule has 4 rings (SSSR count). The molecule has 27 heavy (non-hydrogen) atoms. The topological polar surface area (TPSA) is 25.4 Å². The quantitative estimate of drug-likeness (QED) is 0.685. The lowest BCUT2D eigenvalue weighted by atomic mass is 9.75. The summed E-state index contributed by atoms with van der Waals surface area (Å²) in [6, 6.07) is 8.84. The van der Waals surface area contributed by atoms with Crippen LogP contribution in [-0.4, -0.2) is 35.7 Å². The normalized spacial score (nSPS) is 26.7. The second-order valence-corrected chi connectivity index (χ2v) is 9.89. The molecule has 0 radical (unpaired) electrons. The Morgan fingerprint density at radius 2 is 2.22 bits per heavy atom. The Kier molecular flexibility index (Phi) is 5.41. The van der Waals surface area contributed by atoms with Crippen molar-refractivity contribution in [1.29, 1.82) is 0 Å². The maximum atomic E-state index is 6.26. The van der Waals surface area contributed by atoms with E-state index in [1.54, 1.807) is 0 Å². The first-order valence-electron chi connectivity index (χ1n) is 10.3. The summed E-state index contributed by atoms with van der Waals surface area (Å²) in [5.74, 6) is 0. The molecule has 4 heteroatoms. The largest absolute Gasteiger partial charge is 0.378 e. The van der Waals surface area contributed by atoms with E-state index in [-0.39, 0.29) is 11.0 Å². The second-order valence-electron chi connectivity index (χ2n) is 8.86. The van der Waals surface area contributed by atoms with Gasteiger partial charge >= 0.3 is 0 Å². The molecule has 0 aromatic carbocycles. The molecule has 0 saturated carbocycles. The molecule has 146 valence electrons. The van der Waals surface area contributed by atoms with Gasteiger partial charge in [-0.3, -0.25) is 9.88 Å². The van der Waals surface area contributed by atoms with Crippen molar-refractivity contribution in [2.24, 2.45) is 5.41 Å². The van der Waals surface area contributed by atoms with Crippen molar-refractivity contribution in [2.45, 2.75) is 64.5 Å². The fourth-order valence-electron chi connectivity index (χ4n) is 4.90. The van der Waals surface area contributed by atoms with Gasteiger partial charge in [0.2, 0.25) is 0 Å². The third-order valence-corrected chi connectivity index (χ3v) is 7.79. The van der Waals surface area contributed by atoms with Gasteiger partial charge in [-0.25, -0.2) is 0 Å².